The van der Waals surface area contributed by atoms with Crippen LogP contribution in [0.1, 0.15) is 53.6 Å². The molecule has 2 aromatic rings. The highest BCUT2D eigenvalue weighted by molar-refractivity contribution is 6.00. The molecule has 210 valence electrons. The van der Waals surface area contributed by atoms with Gasteiger partial charge in [0.1, 0.15) is 17.6 Å². The van der Waals surface area contributed by atoms with Crippen LogP contribution in [0.4, 0.5) is 0 Å². The molecule has 0 aliphatic carbocycles. The van der Waals surface area contributed by atoms with Gasteiger partial charge in [-0.3, -0.25) is 19.3 Å². The van der Waals surface area contributed by atoms with Crippen LogP contribution in [-0.2, 0) is 20.9 Å². The van der Waals surface area contributed by atoms with Gasteiger partial charge >= 0.3 is 0 Å². The van der Waals surface area contributed by atoms with Crippen LogP contribution in [-0.4, -0.2) is 89.8 Å². The molecule has 4 atom stereocenters. The van der Waals surface area contributed by atoms with Crippen LogP contribution in [0, 0.1) is 13.8 Å². The van der Waals surface area contributed by atoms with Crippen molar-refractivity contribution < 1.29 is 28.4 Å². The van der Waals surface area contributed by atoms with E-state index in [1.165, 1.54) is 6.92 Å². The number of ether oxygens (including phenoxy) is 2. The van der Waals surface area contributed by atoms with Crippen LogP contribution in [0.2, 0.25) is 0 Å². The van der Waals surface area contributed by atoms with Gasteiger partial charge in [0.15, 0.2) is 0 Å². The second-order valence-electron chi connectivity index (χ2n) is 10.6. The second kappa shape index (κ2) is 11.7. The molecule has 5 rings (SSSR count). The average molecular weight is 540 g/mol. The number of benzene rings is 1. The number of hydrogen-bond acceptors (Lipinski definition) is 8. The SMILES string of the molecule is CC(=O)N[C@@H]1CC[C@H]2CCOc3ccccc3C(=O)N3CCN(Cc4c(C)noc4C)C[C@H]3C(=O)NC[C@H]1O2. The van der Waals surface area contributed by atoms with Crippen molar-refractivity contribution in [3.63, 3.8) is 0 Å². The van der Waals surface area contributed by atoms with Gasteiger partial charge in [0.25, 0.3) is 5.91 Å². The molecule has 0 radical (unpaired) electrons. The van der Waals surface area contributed by atoms with Crippen LogP contribution in [0.25, 0.3) is 0 Å². The third-order valence-corrected chi connectivity index (χ3v) is 7.89. The van der Waals surface area contributed by atoms with Crippen LogP contribution in [0.3, 0.4) is 0 Å². The monoisotopic (exact) mass is 539 g/mol. The first-order valence-electron chi connectivity index (χ1n) is 13.7. The van der Waals surface area contributed by atoms with Crippen molar-refractivity contribution in [1.29, 1.82) is 0 Å². The maximum atomic E-state index is 13.8. The maximum Gasteiger partial charge on any atom is 0.258 e. The molecular weight excluding hydrogens is 502 g/mol. The molecule has 2 bridgehead atoms. The summed E-state index contributed by atoms with van der Waals surface area (Å²) in [6.45, 7) is 7.80. The van der Waals surface area contributed by atoms with Crippen molar-refractivity contribution in [2.45, 2.75) is 70.9 Å². The quantitative estimate of drug-likeness (QED) is 0.602. The number of fused-ring (bicyclic) bond motifs is 4. The molecule has 11 heteroatoms. The number of carbonyl (C=O) groups excluding carboxylic acids is 3. The first-order chi connectivity index (χ1) is 18.8. The molecule has 3 amide bonds. The first kappa shape index (κ1) is 27.1. The van der Waals surface area contributed by atoms with Gasteiger partial charge in [0.05, 0.1) is 36.1 Å². The average Bonchev–Trinajstić information content (AvgIpc) is 3.24. The van der Waals surface area contributed by atoms with E-state index in [0.29, 0.717) is 50.5 Å². The van der Waals surface area contributed by atoms with E-state index in [1.54, 1.807) is 17.0 Å². The summed E-state index contributed by atoms with van der Waals surface area (Å²) in [5.74, 6) is 0.634. The largest absolute Gasteiger partial charge is 0.493 e. The molecule has 0 unspecified atom stereocenters. The Morgan fingerprint density at radius 2 is 1.97 bits per heavy atom. The number of carbonyl (C=O) groups is 3. The van der Waals surface area contributed by atoms with Gasteiger partial charge in [-0.1, -0.05) is 17.3 Å². The lowest BCUT2D eigenvalue weighted by molar-refractivity contribution is -0.131. The highest BCUT2D eigenvalue weighted by Gasteiger charge is 2.39. The van der Waals surface area contributed by atoms with Crippen LogP contribution in [0.5, 0.6) is 5.75 Å². The fourth-order valence-electron chi connectivity index (χ4n) is 5.74. The van der Waals surface area contributed by atoms with Crippen molar-refractivity contribution in [3.05, 3.63) is 46.8 Å². The molecule has 3 aliphatic rings. The molecule has 1 aromatic heterocycles. The van der Waals surface area contributed by atoms with Gasteiger partial charge in [-0.2, -0.15) is 0 Å². The highest BCUT2D eigenvalue weighted by Crippen LogP contribution is 2.27. The minimum atomic E-state index is -0.721. The zero-order valence-corrected chi connectivity index (χ0v) is 22.8. The Balaban J connectivity index is 1.42. The van der Waals surface area contributed by atoms with Gasteiger partial charge in [-0.05, 0) is 38.8 Å². The maximum absolute atomic E-state index is 13.8. The molecular formula is C28H37N5O6. The number of rotatable bonds is 3. The molecule has 2 N–H and O–H groups in total. The predicted octanol–water partition coefficient (Wildman–Crippen LogP) is 1.57. The van der Waals surface area contributed by atoms with Crippen LogP contribution >= 0.6 is 0 Å². The first-order valence-corrected chi connectivity index (χ1v) is 13.7. The van der Waals surface area contributed by atoms with Gasteiger partial charge in [0.2, 0.25) is 11.8 Å². The normalized spacial score (nSPS) is 26.5. The minimum absolute atomic E-state index is 0.0700. The van der Waals surface area contributed by atoms with Gasteiger partial charge in [-0.15, -0.1) is 0 Å². The van der Waals surface area contributed by atoms with E-state index in [1.807, 2.05) is 26.0 Å². The Bertz CT molecular complexity index is 1200. The second-order valence-corrected chi connectivity index (χ2v) is 10.6. The molecule has 3 aliphatic heterocycles. The fraction of sp³-hybridized carbons (Fsp3) is 0.571. The Morgan fingerprint density at radius 3 is 2.74 bits per heavy atom. The van der Waals surface area contributed by atoms with Crippen molar-refractivity contribution in [2.75, 3.05) is 32.8 Å². The summed E-state index contributed by atoms with van der Waals surface area (Å²) < 4.78 is 17.8. The van der Waals surface area contributed by atoms with E-state index in [9.17, 15) is 14.4 Å². The van der Waals surface area contributed by atoms with E-state index in [2.05, 4.69) is 20.7 Å². The van der Waals surface area contributed by atoms with E-state index in [4.69, 9.17) is 14.0 Å². The van der Waals surface area contributed by atoms with Crippen molar-refractivity contribution in [3.8, 4) is 5.75 Å². The lowest BCUT2D eigenvalue weighted by Crippen LogP contribution is -2.62. The topological polar surface area (TPSA) is 126 Å². The third-order valence-electron chi connectivity index (χ3n) is 7.89. The highest BCUT2D eigenvalue weighted by atomic mass is 16.5. The summed E-state index contributed by atoms with van der Waals surface area (Å²) in [7, 11) is 0. The number of amides is 3. The van der Waals surface area contributed by atoms with E-state index < -0.39 is 6.04 Å². The number of aromatic nitrogens is 1. The summed E-state index contributed by atoms with van der Waals surface area (Å²) in [5, 5.41) is 10.1. The Kier molecular flexibility index (Phi) is 8.18. The lowest BCUT2D eigenvalue weighted by atomic mass is 9.96. The van der Waals surface area contributed by atoms with Gasteiger partial charge in [-0.25, -0.2) is 0 Å². The number of aryl methyl sites for hydroxylation is 2. The summed E-state index contributed by atoms with van der Waals surface area (Å²) >= 11 is 0. The molecule has 0 saturated carbocycles. The third kappa shape index (κ3) is 6.09. The van der Waals surface area contributed by atoms with E-state index >= 15 is 0 Å². The predicted molar refractivity (Wildman–Crippen MR) is 141 cm³/mol. The summed E-state index contributed by atoms with van der Waals surface area (Å²) in [4.78, 5) is 43.2. The summed E-state index contributed by atoms with van der Waals surface area (Å²) in [6, 6.07) is 6.27. The van der Waals surface area contributed by atoms with Crippen LogP contribution in [0.15, 0.2) is 28.8 Å². The molecule has 4 heterocycles. The standard InChI is InChI=1S/C28H37N5O6/c1-17-22(18(2)39-31-17)15-32-11-12-33-24(16-32)27(35)29-14-26-23(30-19(3)34)9-8-20(38-26)10-13-37-25-7-5-4-6-21(25)28(33)36/h4-7,20,23-24,26H,8-16H2,1-3H3,(H,29,35)(H,30,34)/t20-,23+,24-,26+/m0/s1. The number of hydrogen-bond donors (Lipinski definition) is 2. The molecule has 1 aromatic carbocycles. The lowest BCUT2D eigenvalue weighted by Gasteiger charge is -2.41. The van der Waals surface area contributed by atoms with Gasteiger partial charge in [0, 0.05) is 51.6 Å². The smallest absolute Gasteiger partial charge is 0.258 e. The summed E-state index contributed by atoms with van der Waals surface area (Å²) in [5.41, 5.74) is 2.26. The van der Waals surface area contributed by atoms with E-state index in [0.717, 1.165) is 29.9 Å². The number of nitrogens with zero attached hydrogens (tertiary/aromatic N) is 3. The molecule has 39 heavy (non-hydrogen) atoms. The Morgan fingerprint density at radius 1 is 1.15 bits per heavy atom. The summed E-state index contributed by atoms with van der Waals surface area (Å²) in [6.07, 6.45) is 1.72. The number of para-hydroxylation sites is 1. The molecule has 2 fully saturated rings. The Hall–Kier alpha value is -3.44. The van der Waals surface area contributed by atoms with Crippen molar-refractivity contribution in [2.24, 2.45) is 0 Å². The molecule has 0 spiro atoms. The zero-order valence-electron chi connectivity index (χ0n) is 22.8. The van der Waals surface area contributed by atoms with Crippen molar-refractivity contribution in [1.82, 2.24) is 25.6 Å². The minimum Gasteiger partial charge on any atom is -0.493 e. The van der Waals surface area contributed by atoms with Gasteiger partial charge < -0.3 is 29.5 Å². The fourth-order valence-corrected chi connectivity index (χ4v) is 5.74. The zero-order chi connectivity index (χ0) is 27.5. The number of piperazine rings is 1. The van der Waals surface area contributed by atoms with Crippen LogP contribution < -0.4 is 15.4 Å². The molecule has 11 nitrogen and oxygen atoms in total. The number of nitrogens with one attached hydrogen (secondary N) is 2. The molecule has 2 saturated heterocycles. The van der Waals surface area contributed by atoms with Crippen molar-refractivity contribution >= 4 is 17.7 Å². The van der Waals surface area contributed by atoms with E-state index in [-0.39, 0.29) is 42.5 Å². The Labute approximate surface area is 228 Å².